The van der Waals surface area contributed by atoms with Gasteiger partial charge in [-0.1, -0.05) is 41.4 Å². The van der Waals surface area contributed by atoms with Crippen LogP contribution in [-0.2, 0) is 0 Å². The molecule has 2 aromatic carbocycles. The molecule has 19 heavy (non-hydrogen) atoms. The number of hydrogen-bond acceptors (Lipinski definition) is 1. The molecular formula is C15H8Cl2FN. The van der Waals surface area contributed by atoms with Crippen LogP contribution in [0.1, 0.15) is 11.1 Å². The lowest BCUT2D eigenvalue weighted by molar-refractivity contribution is 0.625. The van der Waals surface area contributed by atoms with Gasteiger partial charge in [0, 0.05) is 10.6 Å². The number of halogens is 3. The number of allylic oxidation sites excluding steroid dienone is 1. The van der Waals surface area contributed by atoms with Crippen LogP contribution < -0.4 is 0 Å². The molecule has 0 radical (unpaired) electrons. The zero-order valence-corrected chi connectivity index (χ0v) is 11.2. The number of nitrogens with zero attached hydrogens (tertiary/aromatic N) is 1. The highest BCUT2D eigenvalue weighted by molar-refractivity contribution is 6.32. The third kappa shape index (κ3) is 3.14. The van der Waals surface area contributed by atoms with E-state index >= 15 is 0 Å². The molecular weight excluding hydrogens is 284 g/mol. The van der Waals surface area contributed by atoms with Gasteiger partial charge in [0.25, 0.3) is 0 Å². The second kappa shape index (κ2) is 5.88. The maximum Gasteiger partial charge on any atom is 0.131 e. The van der Waals surface area contributed by atoms with Crippen molar-refractivity contribution < 1.29 is 4.39 Å². The lowest BCUT2D eigenvalue weighted by Gasteiger charge is -2.03. The molecule has 0 unspecified atom stereocenters. The molecule has 0 saturated heterocycles. The predicted molar refractivity (Wildman–Crippen MR) is 76.3 cm³/mol. The first kappa shape index (κ1) is 13.6. The van der Waals surface area contributed by atoms with Crippen LogP contribution in [0.15, 0.2) is 42.5 Å². The largest absolute Gasteiger partial charge is 0.206 e. The Balaban J connectivity index is 2.54. The first-order chi connectivity index (χ1) is 9.11. The highest BCUT2D eigenvalue weighted by Crippen LogP contribution is 2.26. The second-order valence-electron chi connectivity index (χ2n) is 3.82. The SMILES string of the molecule is N#CC(=Cc1c(F)cccc1Cl)c1cccc(Cl)c1. The van der Waals surface area contributed by atoms with Gasteiger partial charge in [0.1, 0.15) is 5.82 Å². The first-order valence-electron chi connectivity index (χ1n) is 5.43. The Labute approximate surface area is 120 Å². The minimum atomic E-state index is -0.470. The Hall–Kier alpha value is -1.82. The molecule has 4 heteroatoms. The minimum Gasteiger partial charge on any atom is -0.206 e. The van der Waals surface area contributed by atoms with Gasteiger partial charge in [-0.05, 0) is 35.9 Å². The summed E-state index contributed by atoms with van der Waals surface area (Å²) in [6.45, 7) is 0. The molecule has 2 aromatic rings. The van der Waals surface area contributed by atoms with Crippen molar-refractivity contribution in [2.75, 3.05) is 0 Å². The van der Waals surface area contributed by atoms with E-state index in [1.165, 1.54) is 18.2 Å². The molecule has 0 aliphatic carbocycles. The maximum absolute atomic E-state index is 13.7. The molecule has 2 rings (SSSR count). The van der Waals surface area contributed by atoms with Crippen LogP contribution in [0.5, 0.6) is 0 Å². The van der Waals surface area contributed by atoms with Crippen LogP contribution in [0.2, 0.25) is 10.0 Å². The number of rotatable bonds is 2. The molecule has 0 aromatic heterocycles. The van der Waals surface area contributed by atoms with Crippen molar-refractivity contribution in [1.82, 2.24) is 0 Å². The van der Waals surface area contributed by atoms with Crippen molar-refractivity contribution in [3.05, 3.63) is 69.5 Å². The molecule has 0 heterocycles. The highest BCUT2D eigenvalue weighted by atomic mass is 35.5. The zero-order valence-electron chi connectivity index (χ0n) is 9.70. The zero-order chi connectivity index (χ0) is 13.8. The molecule has 0 atom stereocenters. The fourth-order valence-electron chi connectivity index (χ4n) is 1.63. The molecule has 0 saturated carbocycles. The smallest absolute Gasteiger partial charge is 0.131 e. The third-order valence-electron chi connectivity index (χ3n) is 2.54. The summed E-state index contributed by atoms with van der Waals surface area (Å²) in [7, 11) is 0. The van der Waals surface area contributed by atoms with Gasteiger partial charge in [-0.2, -0.15) is 5.26 Å². The van der Waals surface area contributed by atoms with E-state index in [1.807, 2.05) is 6.07 Å². The van der Waals surface area contributed by atoms with E-state index in [9.17, 15) is 9.65 Å². The number of benzene rings is 2. The fourth-order valence-corrected chi connectivity index (χ4v) is 2.04. The van der Waals surface area contributed by atoms with Gasteiger partial charge in [0.15, 0.2) is 0 Å². The Morgan fingerprint density at radius 1 is 1.16 bits per heavy atom. The van der Waals surface area contributed by atoms with Crippen molar-refractivity contribution in [3.63, 3.8) is 0 Å². The second-order valence-corrected chi connectivity index (χ2v) is 4.66. The number of nitriles is 1. The molecule has 94 valence electrons. The van der Waals surface area contributed by atoms with E-state index < -0.39 is 5.82 Å². The summed E-state index contributed by atoms with van der Waals surface area (Å²) >= 11 is 11.8. The monoisotopic (exact) mass is 291 g/mol. The van der Waals surface area contributed by atoms with Crippen molar-refractivity contribution >= 4 is 34.9 Å². The Kier molecular flexibility index (Phi) is 4.21. The molecule has 0 aliphatic heterocycles. The lowest BCUT2D eigenvalue weighted by Crippen LogP contribution is -1.86. The average molecular weight is 292 g/mol. The Morgan fingerprint density at radius 3 is 2.53 bits per heavy atom. The van der Waals surface area contributed by atoms with Crippen molar-refractivity contribution in [3.8, 4) is 6.07 Å². The standard InChI is InChI=1S/C15H8Cl2FN/c16-12-4-1-3-10(7-12)11(9-19)8-13-14(17)5-2-6-15(13)18/h1-8H. The van der Waals surface area contributed by atoms with E-state index in [0.717, 1.165) is 0 Å². The Morgan fingerprint density at radius 2 is 1.89 bits per heavy atom. The van der Waals surface area contributed by atoms with Crippen LogP contribution in [0, 0.1) is 17.1 Å². The van der Waals surface area contributed by atoms with Crippen LogP contribution >= 0.6 is 23.2 Å². The predicted octanol–water partition coefficient (Wildman–Crippen LogP) is 5.20. The average Bonchev–Trinajstić information content (AvgIpc) is 2.38. The molecule has 0 amide bonds. The summed E-state index contributed by atoms with van der Waals surface area (Å²) in [6, 6.07) is 13.2. The number of hydrogen-bond donors (Lipinski definition) is 0. The lowest BCUT2D eigenvalue weighted by atomic mass is 10.0. The van der Waals surface area contributed by atoms with E-state index in [2.05, 4.69) is 0 Å². The topological polar surface area (TPSA) is 23.8 Å². The van der Waals surface area contributed by atoms with Crippen LogP contribution in [0.4, 0.5) is 4.39 Å². The quantitative estimate of drug-likeness (QED) is 0.551. The summed E-state index contributed by atoms with van der Waals surface area (Å²) in [6.07, 6.45) is 1.42. The molecule has 0 N–H and O–H groups in total. The molecule has 1 nitrogen and oxygen atoms in total. The van der Waals surface area contributed by atoms with E-state index in [-0.39, 0.29) is 10.6 Å². The van der Waals surface area contributed by atoms with Crippen LogP contribution in [-0.4, -0.2) is 0 Å². The molecule has 0 fully saturated rings. The summed E-state index contributed by atoms with van der Waals surface area (Å²) in [5.41, 5.74) is 1.12. The van der Waals surface area contributed by atoms with Crippen LogP contribution in [0.25, 0.3) is 11.6 Å². The Bertz CT molecular complexity index is 667. The van der Waals surface area contributed by atoms with Gasteiger partial charge in [0.2, 0.25) is 0 Å². The van der Waals surface area contributed by atoms with Gasteiger partial charge >= 0.3 is 0 Å². The third-order valence-corrected chi connectivity index (χ3v) is 3.11. The van der Waals surface area contributed by atoms with Gasteiger partial charge in [-0.25, -0.2) is 4.39 Å². The van der Waals surface area contributed by atoms with Gasteiger partial charge < -0.3 is 0 Å². The molecule has 0 spiro atoms. The van der Waals surface area contributed by atoms with Crippen molar-refractivity contribution in [2.24, 2.45) is 0 Å². The van der Waals surface area contributed by atoms with E-state index in [0.29, 0.717) is 16.2 Å². The highest BCUT2D eigenvalue weighted by Gasteiger charge is 2.07. The van der Waals surface area contributed by atoms with E-state index in [1.54, 1.807) is 30.3 Å². The molecule has 0 aliphatic rings. The fraction of sp³-hybridized carbons (Fsp3) is 0. The van der Waals surface area contributed by atoms with Crippen molar-refractivity contribution in [1.29, 1.82) is 5.26 Å². The van der Waals surface area contributed by atoms with Gasteiger partial charge in [-0.15, -0.1) is 0 Å². The van der Waals surface area contributed by atoms with Crippen molar-refractivity contribution in [2.45, 2.75) is 0 Å². The first-order valence-corrected chi connectivity index (χ1v) is 6.19. The minimum absolute atomic E-state index is 0.195. The van der Waals surface area contributed by atoms with Gasteiger partial charge in [0.05, 0.1) is 16.7 Å². The maximum atomic E-state index is 13.7. The van der Waals surface area contributed by atoms with E-state index in [4.69, 9.17) is 23.2 Å². The summed E-state index contributed by atoms with van der Waals surface area (Å²) < 4.78 is 13.7. The van der Waals surface area contributed by atoms with Gasteiger partial charge in [-0.3, -0.25) is 0 Å². The summed E-state index contributed by atoms with van der Waals surface area (Å²) in [4.78, 5) is 0. The molecule has 0 bridgehead atoms. The normalized spacial score (nSPS) is 11.2. The summed E-state index contributed by atoms with van der Waals surface area (Å²) in [5.74, 6) is -0.470. The van der Waals surface area contributed by atoms with Crippen LogP contribution in [0.3, 0.4) is 0 Å². The summed E-state index contributed by atoms with van der Waals surface area (Å²) in [5, 5.41) is 9.96.